The Morgan fingerprint density at radius 2 is 2.42 bits per heavy atom. The molecule has 3 heterocycles. The van der Waals surface area contributed by atoms with E-state index in [9.17, 15) is 4.79 Å². The number of anilines is 1. The summed E-state index contributed by atoms with van der Waals surface area (Å²) in [5.41, 5.74) is 6.44. The lowest BCUT2D eigenvalue weighted by Gasteiger charge is -2.32. The second-order valence-corrected chi connectivity index (χ2v) is 6.43. The molecule has 0 saturated carbocycles. The Bertz CT molecular complexity index is 664. The normalized spacial score (nSPS) is 20.5. The van der Waals surface area contributed by atoms with E-state index >= 15 is 0 Å². The molecule has 2 aromatic rings. The molecule has 1 fully saturated rings. The van der Waals surface area contributed by atoms with Crippen molar-refractivity contribution in [2.24, 2.45) is 0 Å². The van der Waals surface area contributed by atoms with Crippen LogP contribution in [0, 0.1) is 0 Å². The maximum Gasteiger partial charge on any atom is 0.220 e. The number of aromatic nitrogens is 2. The Morgan fingerprint density at radius 3 is 3.17 bits per heavy atom. The number of aryl methyl sites for hydroxylation is 1. The average Bonchev–Trinajstić information content (AvgIpc) is 3.01. The quantitative estimate of drug-likeness (QED) is 0.819. The van der Waals surface area contributed by atoms with Gasteiger partial charge in [0, 0.05) is 30.7 Å². The molecule has 0 bridgehead atoms. The first-order valence-electron chi connectivity index (χ1n) is 7.85. The van der Waals surface area contributed by atoms with Crippen LogP contribution in [-0.2, 0) is 16.0 Å². The highest BCUT2D eigenvalue weighted by molar-refractivity contribution is 7.13. The predicted molar refractivity (Wildman–Crippen MR) is 90.9 cm³/mol. The molecule has 3 rings (SSSR count). The number of nitrogens with two attached hydrogens (primary N) is 1. The van der Waals surface area contributed by atoms with Crippen LogP contribution in [-0.4, -0.2) is 41.2 Å². The van der Waals surface area contributed by atoms with E-state index in [1.54, 1.807) is 12.3 Å². The third kappa shape index (κ3) is 4.65. The number of thiazole rings is 1. The summed E-state index contributed by atoms with van der Waals surface area (Å²) in [6, 6.07) is 5.39. The van der Waals surface area contributed by atoms with Crippen LogP contribution in [0.1, 0.15) is 18.5 Å². The van der Waals surface area contributed by atoms with E-state index in [2.05, 4.69) is 15.3 Å². The number of nitrogen functional groups attached to an aromatic ring is 1. The highest BCUT2D eigenvalue weighted by Gasteiger charge is 2.29. The van der Waals surface area contributed by atoms with Crippen molar-refractivity contribution in [3.8, 4) is 5.88 Å². The minimum absolute atomic E-state index is 0.0249. The van der Waals surface area contributed by atoms with Gasteiger partial charge in [0.1, 0.15) is 6.10 Å². The zero-order chi connectivity index (χ0) is 16.8. The molecule has 0 aromatic carbocycles. The van der Waals surface area contributed by atoms with E-state index in [0.29, 0.717) is 43.5 Å². The number of nitrogens with zero attached hydrogens (tertiary/aromatic N) is 2. The Labute approximate surface area is 144 Å². The number of ether oxygens (including phenoxy) is 2. The summed E-state index contributed by atoms with van der Waals surface area (Å²) in [6.07, 6.45) is 3.09. The van der Waals surface area contributed by atoms with Gasteiger partial charge in [0.2, 0.25) is 11.8 Å². The molecule has 2 aromatic heterocycles. The van der Waals surface area contributed by atoms with Crippen molar-refractivity contribution in [3.05, 3.63) is 35.5 Å². The van der Waals surface area contributed by atoms with E-state index in [1.165, 1.54) is 11.3 Å². The van der Waals surface area contributed by atoms with Crippen LogP contribution in [0.4, 0.5) is 5.13 Å². The molecule has 7 nitrogen and oxygen atoms in total. The first-order chi connectivity index (χ1) is 11.7. The summed E-state index contributed by atoms with van der Waals surface area (Å²) < 4.78 is 11.3. The number of hydrogen-bond donors (Lipinski definition) is 2. The molecular formula is C16H20N4O3S. The predicted octanol–water partition coefficient (Wildman–Crippen LogP) is 1.41. The van der Waals surface area contributed by atoms with E-state index < -0.39 is 0 Å². The number of hydrogen-bond acceptors (Lipinski definition) is 7. The van der Waals surface area contributed by atoms with E-state index in [0.717, 1.165) is 5.69 Å². The Balaban J connectivity index is 1.52. The number of rotatable bonds is 6. The van der Waals surface area contributed by atoms with Crippen LogP contribution < -0.4 is 15.8 Å². The number of nitrogens with one attached hydrogen (secondary N) is 1. The minimum Gasteiger partial charge on any atom is -0.470 e. The Morgan fingerprint density at radius 1 is 1.50 bits per heavy atom. The molecular weight excluding hydrogens is 328 g/mol. The van der Waals surface area contributed by atoms with Gasteiger partial charge in [-0.15, -0.1) is 11.3 Å². The topological polar surface area (TPSA) is 99.4 Å². The van der Waals surface area contributed by atoms with Gasteiger partial charge in [-0.2, -0.15) is 0 Å². The van der Waals surface area contributed by atoms with Gasteiger partial charge in [-0.1, -0.05) is 6.07 Å². The summed E-state index contributed by atoms with van der Waals surface area (Å²) in [4.78, 5) is 20.5. The molecule has 0 aliphatic carbocycles. The maximum atomic E-state index is 12.2. The summed E-state index contributed by atoms with van der Waals surface area (Å²) in [5, 5.41) is 5.44. The molecule has 0 spiro atoms. The number of pyridine rings is 1. The van der Waals surface area contributed by atoms with Gasteiger partial charge in [0.05, 0.1) is 18.3 Å². The standard InChI is InChI=1S/C16H20N4O3S/c17-16-19-11(10-24-16)4-5-14(21)20-12-6-8-22-9-13(12)23-15-3-1-2-7-18-15/h1-3,7,10,12-13H,4-6,8-9H2,(H2,17,19)(H,20,21)/t12-,13-/m1/s1. The van der Waals surface area contributed by atoms with Crippen molar-refractivity contribution in [2.45, 2.75) is 31.4 Å². The second-order valence-electron chi connectivity index (χ2n) is 5.54. The molecule has 0 unspecified atom stereocenters. The Hall–Kier alpha value is -2.19. The summed E-state index contributed by atoms with van der Waals surface area (Å²) >= 11 is 1.38. The second kappa shape index (κ2) is 8.07. The largest absolute Gasteiger partial charge is 0.470 e. The number of carbonyl (C=O) groups excluding carboxylic acids is 1. The van der Waals surface area contributed by atoms with Gasteiger partial charge in [0.25, 0.3) is 0 Å². The molecule has 1 saturated heterocycles. The lowest BCUT2D eigenvalue weighted by Crippen LogP contribution is -2.51. The summed E-state index contributed by atoms with van der Waals surface area (Å²) in [6.45, 7) is 1.04. The maximum absolute atomic E-state index is 12.2. The van der Waals surface area contributed by atoms with Crippen LogP contribution in [0.5, 0.6) is 5.88 Å². The zero-order valence-electron chi connectivity index (χ0n) is 13.2. The molecule has 1 aliphatic heterocycles. The molecule has 24 heavy (non-hydrogen) atoms. The summed E-state index contributed by atoms with van der Waals surface area (Å²) in [7, 11) is 0. The van der Waals surface area contributed by atoms with Gasteiger partial charge in [-0.25, -0.2) is 9.97 Å². The smallest absolute Gasteiger partial charge is 0.220 e. The van der Waals surface area contributed by atoms with Crippen LogP contribution in [0.25, 0.3) is 0 Å². The minimum atomic E-state index is -0.243. The third-order valence-electron chi connectivity index (χ3n) is 3.74. The lowest BCUT2D eigenvalue weighted by atomic mass is 10.1. The zero-order valence-corrected chi connectivity index (χ0v) is 14.0. The van der Waals surface area contributed by atoms with Crippen molar-refractivity contribution in [3.63, 3.8) is 0 Å². The monoisotopic (exact) mass is 348 g/mol. The average molecular weight is 348 g/mol. The van der Waals surface area contributed by atoms with Crippen molar-refractivity contribution in [2.75, 3.05) is 18.9 Å². The van der Waals surface area contributed by atoms with Gasteiger partial charge in [-0.05, 0) is 18.9 Å². The molecule has 2 atom stereocenters. The van der Waals surface area contributed by atoms with Crippen LogP contribution >= 0.6 is 11.3 Å². The van der Waals surface area contributed by atoms with E-state index in [1.807, 2.05) is 17.5 Å². The first kappa shape index (κ1) is 16.7. The number of carbonyl (C=O) groups is 1. The Kier molecular flexibility index (Phi) is 5.60. The van der Waals surface area contributed by atoms with Gasteiger partial charge >= 0.3 is 0 Å². The van der Waals surface area contributed by atoms with Crippen LogP contribution in [0.3, 0.4) is 0 Å². The molecule has 3 N–H and O–H groups in total. The van der Waals surface area contributed by atoms with E-state index in [4.69, 9.17) is 15.2 Å². The molecule has 1 aliphatic rings. The molecule has 128 valence electrons. The highest BCUT2D eigenvalue weighted by Crippen LogP contribution is 2.16. The fraction of sp³-hybridized carbons (Fsp3) is 0.438. The van der Waals surface area contributed by atoms with Gasteiger partial charge in [0.15, 0.2) is 5.13 Å². The lowest BCUT2D eigenvalue weighted by molar-refractivity contribution is -0.124. The van der Waals surface area contributed by atoms with Crippen molar-refractivity contribution in [1.29, 1.82) is 0 Å². The van der Waals surface area contributed by atoms with E-state index in [-0.39, 0.29) is 18.1 Å². The molecule has 1 amide bonds. The molecule has 0 radical (unpaired) electrons. The fourth-order valence-corrected chi connectivity index (χ4v) is 3.12. The third-order valence-corrected chi connectivity index (χ3v) is 4.46. The first-order valence-corrected chi connectivity index (χ1v) is 8.73. The van der Waals surface area contributed by atoms with Gasteiger partial charge < -0.3 is 20.5 Å². The SMILES string of the molecule is Nc1nc(CCC(=O)N[C@@H]2CCOC[C@H]2Oc2ccccn2)cs1. The van der Waals surface area contributed by atoms with Crippen molar-refractivity contribution in [1.82, 2.24) is 15.3 Å². The highest BCUT2D eigenvalue weighted by atomic mass is 32.1. The van der Waals surface area contributed by atoms with Crippen molar-refractivity contribution >= 4 is 22.4 Å². The van der Waals surface area contributed by atoms with Crippen LogP contribution in [0.15, 0.2) is 29.8 Å². The number of amides is 1. The van der Waals surface area contributed by atoms with Crippen LogP contribution in [0.2, 0.25) is 0 Å². The summed E-state index contributed by atoms with van der Waals surface area (Å²) in [5.74, 6) is 0.508. The van der Waals surface area contributed by atoms with Gasteiger partial charge in [-0.3, -0.25) is 4.79 Å². The van der Waals surface area contributed by atoms with Crippen molar-refractivity contribution < 1.29 is 14.3 Å². The fourth-order valence-electron chi connectivity index (χ4n) is 2.52. The molecule has 8 heteroatoms.